The van der Waals surface area contributed by atoms with Crippen molar-refractivity contribution in [2.24, 2.45) is 5.73 Å². The van der Waals surface area contributed by atoms with Crippen LogP contribution in [-0.4, -0.2) is 26.3 Å². The monoisotopic (exact) mass is 159 g/mol. The molecule has 0 aromatic carbocycles. The van der Waals surface area contributed by atoms with Crippen LogP contribution in [0.25, 0.3) is 0 Å². The fourth-order valence-electron chi connectivity index (χ4n) is 0.544. The van der Waals surface area contributed by atoms with E-state index in [0.29, 0.717) is 12.3 Å². The maximum atomic E-state index is 10.7. The minimum Gasteiger partial charge on any atom is -0.463 e. The van der Waals surface area contributed by atoms with Crippen LogP contribution < -0.4 is 5.73 Å². The fourth-order valence-corrected chi connectivity index (χ4v) is 0.544. The summed E-state index contributed by atoms with van der Waals surface area (Å²) in [6.45, 7) is 2.34. The van der Waals surface area contributed by atoms with Gasteiger partial charge in [0.05, 0.1) is 13.2 Å². The van der Waals surface area contributed by atoms with E-state index in [1.54, 1.807) is 6.92 Å². The fraction of sp³-hybridized carbons (Fsp3) is 0.571. The number of esters is 1. The van der Waals surface area contributed by atoms with Crippen molar-refractivity contribution in [3.63, 3.8) is 0 Å². The summed E-state index contributed by atoms with van der Waals surface area (Å²) in [7, 11) is 1.51. The van der Waals surface area contributed by atoms with Crippen LogP contribution in [0.3, 0.4) is 0 Å². The van der Waals surface area contributed by atoms with Crippen molar-refractivity contribution in [3.05, 3.63) is 11.8 Å². The SMILES string of the molecule is CCOC(=O)C=C(N)COC. The molecular weight excluding hydrogens is 146 g/mol. The molecule has 4 heteroatoms. The Morgan fingerprint density at radius 3 is 2.73 bits per heavy atom. The number of hydrogen-bond donors (Lipinski definition) is 1. The predicted octanol–water partition coefficient (Wildman–Crippen LogP) is 0.0385. The van der Waals surface area contributed by atoms with Crippen LogP contribution in [0.5, 0.6) is 0 Å². The zero-order valence-corrected chi connectivity index (χ0v) is 6.79. The summed E-state index contributed by atoms with van der Waals surface area (Å²) in [5.74, 6) is -0.429. The van der Waals surface area contributed by atoms with E-state index in [-0.39, 0.29) is 6.61 Å². The van der Waals surface area contributed by atoms with E-state index in [4.69, 9.17) is 5.73 Å². The van der Waals surface area contributed by atoms with Gasteiger partial charge >= 0.3 is 5.97 Å². The highest BCUT2D eigenvalue weighted by Crippen LogP contribution is 1.87. The number of carbonyl (C=O) groups excluding carboxylic acids is 1. The largest absolute Gasteiger partial charge is 0.463 e. The van der Waals surface area contributed by atoms with Crippen LogP contribution >= 0.6 is 0 Å². The zero-order valence-electron chi connectivity index (χ0n) is 6.79. The smallest absolute Gasteiger partial charge is 0.332 e. The van der Waals surface area contributed by atoms with Gasteiger partial charge in [0.15, 0.2) is 0 Å². The third-order valence-electron chi connectivity index (χ3n) is 0.901. The topological polar surface area (TPSA) is 61.5 Å². The molecule has 0 atom stereocenters. The Balaban J connectivity index is 3.76. The Morgan fingerprint density at radius 1 is 1.64 bits per heavy atom. The second kappa shape index (κ2) is 5.73. The van der Waals surface area contributed by atoms with Crippen LogP contribution in [0.2, 0.25) is 0 Å². The Hall–Kier alpha value is -1.03. The lowest BCUT2D eigenvalue weighted by Gasteiger charge is -1.98. The standard InChI is InChI=1S/C7H13NO3/c1-3-11-7(9)4-6(8)5-10-2/h4H,3,5,8H2,1-2H3. The minimum atomic E-state index is -0.429. The normalized spacial score (nSPS) is 11.3. The second-order valence-corrected chi connectivity index (χ2v) is 1.90. The number of rotatable bonds is 4. The lowest BCUT2D eigenvalue weighted by Crippen LogP contribution is -2.09. The molecule has 0 saturated heterocycles. The molecule has 11 heavy (non-hydrogen) atoms. The Bertz CT molecular complexity index is 154. The van der Waals surface area contributed by atoms with Crippen molar-refractivity contribution in [2.45, 2.75) is 6.92 Å². The van der Waals surface area contributed by atoms with Gasteiger partial charge in [0.1, 0.15) is 0 Å². The molecule has 0 amide bonds. The summed E-state index contributed by atoms with van der Waals surface area (Å²) in [6, 6.07) is 0. The molecule has 0 rings (SSSR count). The second-order valence-electron chi connectivity index (χ2n) is 1.90. The highest BCUT2D eigenvalue weighted by atomic mass is 16.5. The molecule has 0 aromatic heterocycles. The lowest BCUT2D eigenvalue weighted by molar-refractivity contribution is -0.137. The molecule has 0 aliphatic heterocycles. The van der Waals surface area contributed by atoms with E-state index in [1.165, 1.54) is 13.2 Å². The molecular formula is C7H13NO3. The minimum absolute atomic E-state index is 0.249. The summed E-state index contributed by atoms with van der Waals surface area (Å²) in [5.41, 5.74) is 5.72. The quantitative estimate of drug-likeness (QED) is 0.464. The number of nitrogens with two attached hydrogens (primary N) is 1. The summed E-state index contributed by atoms with van der Waals surface area (Å²) in [4.78, 5) is 10.7. The molecule has 0 fully saturated rings. The van der Waals surface area contributed by atoms with Crippen LogP contribution in [0.1, 0.15) is 6.92 Å². The molecule has 0 saturated carbocycles. The summed E-state index contributed by atoms with van der Waals surface area (Å²) >= 11 is 0. The number of ether oxygens (including phenoxy) is 2. The first-order chi connectivity index (χ1) is 5.20. The van der Waals surface area contributed by atoms with Crippen molar-refractivity contribution >= 4 is 5.97 Å². The van der Waals surface area contributed by atoms with Crippen LogP contribution in [-0.2, 0) is 14.3 Å². The molecule has 0 aliphatic carbocycles. The molecule has 0 heterocycles. The van der Waals surface area contributed by atoms with Gasteiger partial charge in [0.25, 0.3) is 0 Å². The van der Waals surface area contributed by atoms with Gasteiger partial charge in [0, 0.05) is 18.9 Å². The van der Waals surface area contributed by atoms with E-state index in [1.807, 2.05) is 0 Å². The van der Waals surface area contributed by atoms with Crippen LogP contribution in [0.4, 0.5) is 0 Å². The van der Waals surface area contributed by atoms with Crippen LogP contribution in [0, 0.1) is 0 Å². The van der Waals surface area contributed by atoms with Crippen molar-refractivity contribution < 1.29 is 14.3 Å². The van der Waals surface area contributed by atoms with Gasteiger partial charge in [-0.15, -0.1) is 0 Å². The van der Waals surface area contributed by atoms with E-state index >= 15 is 0 Å². The van der Waals surface area contributed by atoms with Gasteiger partial charge < -0.3 is 15.2 Å². The van der Waals surface area contributed by atoms with Gasteiger partial charge in [-0.25, -0.2) is 4.79 Å². The predicted molar refractivity (Wildman–Crippen MR) is 40.8 cm³/mol. The first-order valence-electron chi connectivity index (χ1n) is 3.32. The van der Waals surface area contributed by atoms with E-state index < -0.39 is 5.97 Å². The zero-order chi connectivity index (χ0) is 8.69. The summed E-state index contributed by atoms with van der Waals surface area (Å²) in [6.07, 6.45) is 1.22. The van der Waals surface area contributed by atoms with Gasteiger partial charge in [-0.2, -0.15) is 0 Å². The molecule has 0 unspecified atom stereocenters. The molecule has 0 radical (unpaired) electrons. The Labute approximate surface area is 66.0 Å². The van der Waals surface area contributed by atoms with Crippen molar-refractivity contribution in [3.8, 4) is 0 Å². The molecule has 4 nitrogen and oxygen atoms in total. The van der Waals surface area contributed by atoms with Gasteiger partial charge in [-0.1, -0.05) is 0 Å². The molecule has 0 bridgehead atoms. The molecule has 0 aromatic rings. The number of methoxy groups -OCH3 is 1. The molecule has 64 valence electrons. The van der Waals surface area contributed by atoms with Crippen molar-refractivity contribution in [1.82, 2.24) is 0 Å². The van der Waals surface area contributed by atoms with Gasteiger partial charge in [-0.3, -0.25) is 0 Å². The average molecular weight is 159 g/mol. The van der Waals surface area contributed by atoms with Crippen LogP contribution in [0.15, 0.2) is 11.8 Å². The van der Waals surface area contributed by atoms with E-state index in [0.717, 1.165) is 0 Å². The van der Waals surface area contributed by atoms with E-state index in [2.05, 4.69) is 9.47 Å². The third-order valence-corrected chi connectivity index (χ3v) is 0.901. The van der Waals surface area contributed by atoms with Gasteiger partial charge in [-0.05, 0) is 6.92 Å². The van der Waals surface area contributed by atoms with Crippen molar-refractivity contribution in [2.75, 3.05) is 20.3 Å². The summed E-state index contributed by atoms with van der Waals surface area (Å²) < 4.78 is 9.29. The third kappa shape index (κ3) is 5.42. The number of hydrogen-bond acceptors (Lipinski definition) is 4. The van der Waals surface area contributed by atoms with Gasteiger partial charge in [0.2, 0.25) is 0 Å². The van der Waals surface area contributed by atoms with Crippen molar-refractivity contribution in [1.29, 1.82) is 0 Å². The highest BCUT2D eigenvalue weighted by Gasteiger charge is 1.96. The Morgan fingerprint density at radius 2 is 2.27 bits per heavy atom. The summed E-state index contributed by atoms with van der Waals surface area (Å²) in [5, 5.41) is 0. The molecule has 0 aliphatic rings. The van der Waals surface area contributed by atoms with E-state index in [9.17, 15) is 4.79 Å². The Kier molecular flexibility index (Phi) is 5.20. The first-order valence-corrected chi connectivity index (χ1v) is 3.32. The molecule has 2 N–H and O–H groups in total. The average Bonchev–Trinajstić information content (AvgIpc) is 1.87. The lowest BCUT2D eigenvalue weighted by atomic mass is 10.4. The molecule has 0 spiro atoms. The number of carbonyl (C=O) groups is 1. The first kappa shape index (κ1) is 9.97. The highest BCUT2D eigenvalue weighted by molar-refractivity contribution is 5.82. The maximum Gasteiger partial charge on any atom is 0.332 e. The maximum absolute atomic E-state index is 10.7.